The maximum Gasteiger partial charge on any atom is 0.262 e. The number of hydrogen-bond donors (Lipinski definition) is 1. The molecule has 1 N–H and O–H groups in total. The molecule has 0 atom stereocenters. The first-order valence-electron chi connectivity index (χ1n) is 9.53. The molecule has 0 aliphatic carbocycles. The molecule has 5 nitrogen and oxygen atoms in total. The maximum atomic E-state index is 12.9. The lowest BCUT2D eigenvalue weighted by molar-refractivity contribution is -0.118. The molecule has 1 fully saturated rings. The van der Waals surface area contributed by atoms with Crippen molar-refractivity contribution in [2.45, 2.75) is 33.1 Å². The number of nitrogens with one attached hydrogen (secondary N) is 1. The van der Waals surface area contributed by atoms with Gasteiger partial charge in [0, 0.05) is 18.1 Å². The summed E-state index contributed by atoms with van der Waals surface area (Å²) in [5.74, 6) is 0.285. The normalized spacial score (nSPS) is 13.9. The van der Waals surface area contributed by atoms with Gasteiger partial charge in [-0.15, -0.1) is 0 Å². The fourth-order valence-electron chi connectivity index (χ4n) is 3.42. The topological polar surface area (TPSA) is 58.6 Å². The lowest BCUT2D eigenvalue weighted by atomic mass is 10.1. The molecule has 1 saturated heterocycles. The average Bonchev–Trinajstić information content (AvgIpc) is 2.68. The van der Waals surface area contributed by atoms with Gasteiger partial charge in [0.05, 0.1) is 11.3 Å². The van der Waals surface area contributed by atoms with Crippen LogP contribution in [0.15, 0.2) is 36.4 Å². The van der Waals surface area contributed by atoms with Crippen molar-refractivity contribution >= 4 is 29.1 Å². The van der Waals surface area contributed by atoms with Gasteiger partial charge in [-0.1, -0.05) is 29.8 Å². The minimum Gasteiger partial charge on any atom is -0.483 e. The first-order chi connectivity index (χ1) is 13.5. The van der Waals surface area contributed by atoms with Gasteiger partial charge in [0.1, 0.15) is 5.75 Å². The largest absolute Gasteiger partial charge is 0.483 e. The summed E-state index contributed by atoms with van der Waals surface area (Å²) in [5, 5.41) is 3.24. The van der Waals surface area contributed by atoms with Gasteiger partial charge in [0.2, 0.25) is 0 Å². The molecule has 0 bridgehead atoms. The maximum absolute atomic E-state index is 12.9. The Labute approximate surface area is 170 Å². The van der Waals surface area contributed by atoms with Crippen LogP contribution in [-0.2, 0) is 4.79 Å². The molecule has 148 valence electrons. The first kappa shape index (κ1) is 20.2. The second-order valence-electron chi connectivity index (χ2n) is 7.10. The Hall–Kier alpha value is -2.53. The van der Waals surface area contributed by atoms with Gasteiger partial charge in [-0.25, -0.2) is 0 Å². The summed E-state index contributed by atoms with van der Waals surface area (Å²) in [7, 11) is 0. The second kappa shape index (κ2) is 9.11. The predicted octanol–water partition coefficient (Wildman–Crippen LogP) is 4.60. The fourth-order valence-corrected chi connectivity index (χ4v) is 3.60. The Kier molecular flexibility index (Phi) is 6.57. The van der Waals surface area contributed by atoms with Crippen LogP contribution in [0.3, 0.4) is 0 Å². The highest BCUT2D eigenvalue weighted by Crippen LogP contribution is 2.25. The van der Waals surface area contributed by atoms with Crippen molar-refractivity contribution in [3.8, 4) is 5.75 Å². The summed E-state index contributed by atoms with van der Waals surface area (Å²) in [6, 6.07) is 10.8. The first-order valence-corrected chi connectivity index (χ1v) is 9.91. The molecule has 0 spiro atoms. The summed E-state index contributed by atoms with van der Waals surface area (Å²) < 4.78 is 5.71. The SMILES string of the molecule is Cc1cccc(C)c1OCC(=O)Nc1cc(Cl)ccc1C(=O)N1CCCCC1. The van der Waals surface area contributed by atoms with Crippen LogP contribution in [0.25, 0.3) is 0 Å². The Balaban J connectivity index is 1.71. The summed E-state index contributed by atoms with van der Waals surface area (Å²) in [6.07, 6.45) is 3.15. The van der Waals surface area contributed by atoms with Crippen LogP contribution in [0.1, 0.15) is 40.7 Å². The quantitative estimate of drug-likeness (QED) is 0.797. The molecule has 28 heavy (non-hydrogen) atoms. The van der Waals surface area contributed by atoms with Crippen molar-refractivity contribution in [2.75, 3.05) is 25.0 Å². The van der Waals surface area contributed by atoms with Gasteiger partial charge in [0.15, 0.2) is 6.61 Å². The molecule has 0 aromatic heterocycles. The van der Waals surface area contributed by atoms with E-state index in [1.807, 2.05) is 36.9 Å². The van der Waals surface area contributed by atoms with Crippen LogP contribution in [0.4, 0.5) is 5.69 Å². The Morgan fingerprint density at radius 3 is 2.43 bits per heavy atom. The Bertz CT molecular complexity index is 856. The van der Waals surface area contributed by atoms with Crippen LogP contribution in [0.2, 0.25) is 5.02 Å². The number of hydrogen-bond acceptors (Lipinski definition) is 3. The lowest BCUT2D eigenvalue weighted by Gasteiger charge is -2.27. The molecule has 0 radical (unpaired) electrons. The van der Waals surface area contributed by atoms with E-state index in [1.165, 1.54) is 0 Å². The molecule has 3 rings (SSSR count). The van der Waals surface area contributed by atoms with Crippen molar-refractivity contribution in [1.29, 1.82) is 0 Å². The number of benzene rings is 2. The Morgan fingerprint density at radius 2 is 1.75 bits per heavy atom. The number of rotatable bonds is 5. The number of ether oxygens (including phenoxy) is 1. The smallest absolute Gasteiger partial charge is 0.262 e. The zero-order valence-corrected chi connectivity index (χ0v) is 17.0. The van der Waals surface area contributed by atoms with Gasteiger partial charge in [-0.3, -0.25) is 9.59 Å². The van der Waals surface area contributed by atoms with Crippen LogP contribution in [0.5, 0.6) is 5.75 Å². The van der Waals surface area contributed by atoms with Gasteiger partial charge >= 0.3 is 0 Å². The molecule has 2 aromatic rings. The van der Waals surface area contributed by atoms with E-state index in [-0.39, 0.29) is 18.4 Å². The van der Waals surface area contributed by atoms with Gasteiger partial charge < -0.3 is 15.0 Å². The lowest BCUT2D eigenvalue weighted by Crippen LogP contribution is -2.36. The molecule has 2 aromatic carbocycles. The fraction of sp³-hybridized carbons (Fsp3) is 0.364. The van der Waals surface area contributed by atoms with Crippen molar-refractivity contribution in [2.24, 2.45) is 0 Å². The molecule has 2 amide bonds. The van der Waals surface area contributed by atoms with E-state index in [9.17, 15) is 9.59 Å². The zero-order chi connectivity index (χ0) is 20.1. The van der Waals surface area contributed by atoms with E-state index >= 15 is 0 Å². The number of aryl methyl sites for hydroxylation is 2. The number of carbonyl (C=O) groups is 2. The van der Waals surface area contributed by atoms with Gasteiger partial charge in [-0.05, 0) is 62.4 Å². The van der Waals surface area contributed by atoms with Crippen LogP contribution in [0, 0.1) is 13.8 Å². The van der Waals surface area contributed by atoms with Crippen molar-refractivity contribution < 1.29 is 14.3 Å². The third kappa shape index (κ3) is 4.84. The van der Waals surface area contributed by atoms with E-state index in [2.05, 4.69) is 5.32 Å². The molecule has 0 unspecified atom stereocenters. The van der Waals surface area contributed by atoms with E-state index in [1.54, 1.807) is 18.2 Å². The number of likely N-dealkylation sites (tertiary alicyclic amines) is 1. The number of para-hydroxylation sites is 1. The summed E-state index contributed by atoms with van der Waals surface area (Å²) in [6.45, 7) is 5.21. The minimum atomic E-state index is -0.336. The number of piperidine rings is 1. The van der Waals surface area contributed by atoms with E-state index in [0.29, 0.717) is 22.0 Å². The van der Waals surface area contributed by atoms with Crippen molar-refractivity contribution in [3.63, 3.8) is 0 Å². The van der Waals surface area contributed by atoms with Crippen LogP contribution in [-0.4, -0.2) is 36.4 Å². The number of halogens is 1. The molecule has 6 heteroatoms. The van der Waals surface area contributed by atoms with E-state index in [4.69, 9.17) is 16.3 Å². The van der Waals surface area contributed by atoms with Crippen molar-refractivity contribution in [1.82, 2.24) is 4.90 Å². The third-order valence-corrected chi connectivity index (χ3v) is 5.12. The molecular weight excluding hydrogens is 376 g/mol. The Morgan fingerprint density at radius 1 is 1.07 bits per heavy atom. The van der Waals surface area contributed by atoms with E-state index in [0.717, 1.165) is 43.5 Å². The molecule has 1 aliphatic heterocycles. The van der Waals surface area contributed by atoms with Gasteiger partial charge in [-0.2, -0.15) is 0 Å². The monoisotopic (exact) mass is 400 g/mol. The molecule has 1 heterocycles. The second-order valence-corrected chi connectivity index (χ2v) is 7.54. The molecular formula is C22H25ClN2O3. The highest BCUT2D eigenvalue weighted by molar-refractivity contribution is 6.31. The molecule has 1 aliphatic rings. The number of amides is 2. The van der Waals surface area contributed by atoms with Gasteiger partial charge in [0.25, 0.3) is 11.8 Å². The summed E-state index contributed by atoms with van der Waals surface area (Å²) in [5.41, 5.74) is 2.80. The van der Waals surface area contributed by atoms with Crippen LogP contribution >= 0.6 is 11.6 Å². The molecule has 0 saturated carbocycles. The number of carbonyl (C=O) groups excluding carboxylic acids is 2. The highest BCUT2D eigenvalue weighted by atomic mass is 35.5. The summed E-state index contributed by atoms with van der Waals surface area (Å²) in [4.78, 5) is 27.2. The number of anilines is 1. The zero-order valence-electron chi connectivity index (χ0n) is 16.3. The standard InChI is InChI=1S/C22H25ClN2O3/c1-15-7-6-8-16(2)21(15)28-14-20(26)24-19-13-17(23)9-10-18(19)22(27)25-11-4-3-5-12-25/h6-10,13H,3-5,11-12,14H2,1-2H3,(H,24,26). The third-order valence-electron chi connectivity index (χ3n) is 4.89. The van der Waals surface area contributed by atoms with Crippen molar-refractivity contribution in [3.05, 3.63) is 58.1 Å². The predicted molar refractivity (Wildman–Crippen MR) is 111 cm³/mol. The minimum absolute atomic E-state index is 0.0812. The average molecular weight is 401 g/mol. The highest BCUT2D eigenvalue weighted by Gasteiger charge is 2.22. The van der Waals surface area contributed by atoms with E-state index < -0.39 is 0 Å². The summed E-state index contributed by atoms with van der Waals surface area (Å²) >= 11 is 6.10. The number of nitrogens with zero attached hydrogens (tertiary/aromatic N) is 1. The van der Waals surface area contributed by atoms with Crippen LogP contribution < -0.4 is 10.1 Å².